The number of benzene rings is 1. The quantitative estimate of drug-likeness (QED) is 0.317. The van der Waals surface area contributed by atoms with Crippen LogP contribution in [0.4, 0.5) is 5.13 Å². The number of rotatable bonds is 9. The molecule has 1 amide bonds. The molecular weight excluding hydrogens is 476 g/mol. The van der Waals surface area contributed by atoms with Crippen LogP contribution < -0.4 is 10.1 Å². The van der Waals surface area contributed by atoms with Crippen LogP contribution in [-0.2, 0) is 11.2 Å². The van der Waals surface area contributed by atoms with Crippen molar-refractivity contribution >= 4 is 45.5 Å². The van der Waals surface area contributed by atoms with Gasteiger partial charge in [0.2, 0.25) is 11.0 Å². The molecule has 3 heterocycles. The van der Waals surface area contributed by atoms with Gasteiger partial charge in [0.05, 0.1) is 23.4 Å². The van der Waals surface area contributed by atoms with Gasteiger partial charge < -0.3 is 4.74 Å². The number of thiazole rings is 1. The van der Waals surface area contributed by atoms with E-state index in [2.05, 4.69) is 37.6 Å². The van der Waals surface area contributed by atoms with E-state index in [1.54, 1.807) is 18.4 Å². The monoisotopic (exact) mass is 498 g/mol. The van der Waals surface area contributed by atoms with Crippen LogP contribution in [0.5, 0.6) is 5.75 Å². The zero-order valence-corrected chi connectivity index (χ0v) is 20.8. The fourth-order valence-corrected chi connectivity index (χ4v) is 5.43. The third-order valence-electron chi connectivity index (χ3n) is 4.53. The van der Waals surface area contributed by atoms with Gasteiger partial charge in [0.25, 0.3) is 0 Å². The van der Waals surface area contributed by atoms with Gasteiger partial charge in [-0.05, 0) is 49.7 Å². The van der Waals surface area contributed by atoms with Gasteiger partial charge in [-0.2, -0.15) is 0 Å². The minimum atomic E-state index is -0.146. The van der Waals surface area contributed by atoms with Crippen molar-refractivity contribution in [3.8, 4) is 26.9 Å². The van der Waals surface area contributed by atoms with Crippen molar-refractivity contribution in [1.29, 1.82) is 0 Å². The van der Waals surface area contributed by atoms with E-state index in [-0.39, 0.29) is 11.7 Å². The summed E-state index contributed by atoms with van der Waals surface area (Å²) in [6.45, 7) is 4.05. The fraction of sp³-hybridized carbons (Fsp3) is 0.273. The maximum atomic E-state index is 12.2. The van der Waals surface area contributed by atoms with Crippen LogP contribution in [0.25, 0.3) is 21.1 Å². The number of ether oxygens (including phenoxy) is 1. The van der Waals surface area contributed by atoms with Crippen molar-refractivity contribution in [2.24, 2.45) is 0 Å². The zero-order valence-electron chi connectivity index (χ0n) is 18.4. The molecule has 4 aromatic rings. The first-order chi connectivity index (χ1) is 16.1. The average Bonchev–Trinajstić information content (AvgIpc) is 3.44. The van der Waals surface area contributed by atoms with Gasteiger partial charge in [-0.25, -0.2) is 4.98 Å². The Hall–Kier alpha value is -2.89. The van der Waals surface area contributed by atoms with Gasteiger partial charge in [0.1, 0.15) is 26.5 Å². The Balaban J connectivity index is 1.36. The fourth-order valence-electron chi connectivity index (χ4n) is 2.92. The molecule has 4 rings (SSSR count). The minimum Gasteiger partial charge on any atom is -0.497 e. The van der Waals surface area contributed by atoms with Crippen molar-refractivity contribution in [3.63, 3.8) is 0 Å². The Kier molecular flexibility index (Phi) is 7.63. The molecule has 0 radical (unpaired) electrons. The lowest BCUT2D eigenvalue weighted by atomic mass is 10.2. The average molecular weight is 499 g/mol. The first-order valence-corrected chi connectivity index (χ1v) is 12.9. The maximum absolute atomic E-state index is 12.2. The van der Waals surface area contributed by atoms with Crippen LogP contribution in [0.2, 0.25) is 0 Å². The van der Waals surface area contributed by atoms with Gasteiger partial charge in [0.15, 0.2) is 0 Å². The topological polar surface area (TPSA) is 103 Å². The SMILES string of the molecule is CCCc1nnc(NC(=O)CSc2ccc(-c3sc(-c4ccc(OC)cc4)nc3C)nn2)s1. The largest absolute Gasteiger partial charge is 0.497 e. The number of hydrogen-bond donors (Lipinski definition) is 1. The molecule has 0 fully saturated rings. The number of carbonyl (C=O) groups excluding carboxylic acids is 1. The van der Waals surface area contributed by atoms with Crippen LogP contribution in [0.15, 0.2) is 41.4 Å². The smallest absolute Gasteiger partial charge is 0.236 e. The van der Waals surface area contributed by atoms with Gasteiger partial charge in [0, 0.05) is 12.0 Å². The Morgan fingerprint density at radius 1 is 1.06 bits per heavy atom. The molecular formula is C22H22N6O2S3. The van der Waals surface area contributed by atoms with Gasteiger partial charge in [-0.3, -0.25) is 10.1 Å². The van der Waals surface area contributed by atoms with Crippen molar-refractivity contribution < 1.29 is 9.53 Å². The number of thioether (sulfide) groups is 1. The van der Waals surface area contributed by atoms with Crippen LogP contribution in [0.1, 0.15) is 24.0 Å². The first kappa shape index (κ1) is 23.3. The Bertz CT molecular complexity index is 1220. The number of anilines is 1. The highest BCUT2D eigenvalue weighted by Gasteiger charge is 2.14. The number of nitrogens with zero attached hydrogens (tertiary/aromatic N) is 5. The van der Waals surface area contributed by atoms with Crippen LogP contribution in [-0.4, -0.2) is 44.1 Å². The molecule has 0 saturated heterocycles. The van der Waals surface area contributed by atoms with E-state index in [1.807, 2.05) is 43.3 Å². The van der Waals surface area contributed by atoms with E-state index in [0.717, 1.165) is 50.4 Å². The lowest BCUT2D eigenvalue weighted by Gasteiger charge is -2.02. The number of hydrogen-bond acceptors (Lipinski definition) is 10. The molecule has 1 aromatic carbocycles. The molecule has 0 aliphatic heterocycles. The number of methoxy groups -OCH3 is 1. The third-order valence-corrected chi connectivity index (χ3v) is 7.58. The summed E-state index contributed by atoms with van der Waals surface area (Å²) in [5.41, 5.74) is 2.69. The molecule has 1 N–H and O–H groups in total. The molecule has 0 aliphatic carbocycles. The molecule has 0 unspecified atom stereocenters. The first-order valence-electron chi connectivity index (χ1n) is 10.3. The van der Waals surface area contributed by atoms with E-state index in [1.165, 1.54) is 23.1 Å². The van der Waals surface area contributed by atoms with E-state index in [0.29, 0.717) is 10.2 Å². The lowest BCUT2D eigenvalue weighted by Crippen LogP contribution is -2.14. The van der Waals surface area contributed by atoms with Crippen molar-refractivity contribution in [3.05, 3.63) is 47.1 Å². The highest BCUT2D eigenvalue weighted by Crippen LogP contribution is 2.35. The molecule has 0 bridgehead atoms. The van der Waals surface area contributed by atoms with Gasteiger partial charge in [-0.15, -0.1) is 31.7 Å². The summed E-state index contributed by atoms with van der Waals surface area (Å²) >= 11 is 4.31. The minimum absolute atomic E-state index is 0.146. The van der Waals surface area contributed by atoms with Gasteiger partial charge >= 0.3 is 0 Å². The summed E-state index contributed by atoms with van der Waals surface area (Å²) in [4.78, 5) is 17.9. The summed E-state index contributed by atoms with van der Waals surface area (Å²) in [5.74, 6) is 0.884. The second-order valence-corrected chi connectivity index (χ2v) is 10.1. The number of aromatic nitrogens is 5. The Labute approximate surface area is 203 Å². The molecule has 33 heavy (non-hydrogen) atoms. The number of amides is 1. The second-order valence-electron chi connectivity index (χ2n) is 7.01. The molecule has 0 saturated carbocycles. The van der Waals surface area contributed by atoms with E-state index < -0.39 is 0 Å². The van der Waals surface area contributed by atoms with Crippen molar-refractivity contribution in [2.45, 2.75) is 31.7 Å². The van der Waals surface area contributed by atoms with Crippen molar-refractivity contribution in [2.75, 3.05) is 18.2 Å². The lowest BCUT2D eigenvalue weighted by molar-refractivity contribution is -0.113. The summed E-state index contributed by atoms with van der Waals surface area (Å²) in [6, 6.07) is 11.6. The number of nitrogens with one attached hydrogen (secondary N) is 1. The van der Waals surface area contributed by atoms with Crippen LogP contribution in [0.3, 0.4) is 0 Å². The van der Waals surface area contributed by atoms with E-state index in [9.17, 15) is 4.79 Å². The van der Waals surface area contributed by atoms with Crippen LogP contribution in [0, 0.1) is 6.92 Å². The van der Waals surface area contributed by atoms with E-state index in [4.69, 9.17) is 4.74 Å². The summed E-state index contributed by atoms with van der Waals surface area (Å²) in [6.07, 6.45) is 1.86. The summed E-state index contributed by atoms with van der Waals surface area (Å²) < 4.78 is 5.22. The van der Waals surface area contributed by atoms with Crippen LogP contribution >= 0.6 is 34.4 Å². The number of carbonyl (C=O) groups is 1. The predicted molar refractivity (Wildman–Crippen MR) is 133 cm³/mol. The molecule has 170 valence electrons. The molecule has 0 atom stereocenters. The molecule has 0 aliphatic rings. The second kappa shape index (κ2) is 10.8. The highest BCUT2D eigenvalue weighted by molar-refractivity contribution is 7.99. The van der Waals surface area contributed by atoms with Gasteiger partial charge in [-0.1, -0.05) is 30.0 Å². The molecule has 3 aromatic heterocycles. The normalized spacial score (nSPS) is 10.9. The highest BCUT2D eigenvalue weighted by atomic mass is 32.2. The molecule has 8 nitrogen and oxygen atoms in total. The number of aryl methyl sites for hydroxylation is 2. The van der Waals surface area contributed by atoms with E-state index >= 15 is 0 Å². The summed E-state index contributed by atoms with van der Waals surface area (Å²) in [5, 5.41) is 22.5. The Morgan fingerprint density at radius 3 is 2.58 bits per heavy atom. The maximum Gasteiger partial charge on any atom is 0.236 e. The standard InChI is InChI=1S/C22H22N6O2S3/c1-4-5-19-27-28-22(32-19)24-17(29)12-31-18-11-10-16(25-26-18)20-13(2)23-21(33-20)14-6-8-15(30-3)9-7-14/h6-11H,4-5,12H2,1-3H3,(H,24,28,29). The third kappa shape index (κ3) is 5.92. The molecule has 0 spiro atoms. The molecule has 11 heteroatoms. The Morgan fingerprint density at radius 2 is 1.88 bits per heavy atom. The summed E-state index contributed by atoms with van der Waals surface area (Å²) in [7, 11) is 1.65. The zero-order chi connectivity index (χ0) is 23.2. The predicted octanol–water partition coefficient (Wildman–Crippen LogP) is 5.12. The van der Waals surface area contributed by atoms with Crippen molar-refractivity contribution in [1.82, 2.24) is 25.4 Å².